The Balaban J connectivity index is 2.07. The zero-order valence-electron chi connectivity index (χ0n) is 24.3. The van der Waals surface area contributed by atoms with Gasteiger partial charge in [0.1, 0.15) is 0 Å². The molecule has 262 valence electrons. The lowest BCUT2D eigenvalue weighted by Crippen LogP contribution is -2.34. The predicted molar refractivity (Wildman–Crippen MR) is 141 cm³/mol. The molecule has 0 heterocycles. The lowest BCUT2D eigenvalue weighted by Gasteiger charge is -2.16. The van der Waals surface area contributed by atoms with Crippen molar-refractivity contribution < 1.29 is 88.2 Å². The molecule has 1 aromatic rings. The molecule has 1 unspecified atom stereocenters. The topological polar surface area (TPSA) is 195 Å². The Kier molecular flexibility index (Phi) is 22.0. The Morgan fingerprint density at radius 3 is 1.22 bits per heavy atom. The molecule has 0 aliphatic rings. The molecule has 0 aromatic heterocycles. The van der Waals surface area contributed by atoms with Crippen molar-refractivity contribution in [3.05, 3.63) is 23.3 Å². The van der Waals surface area contributed by atoms with Gasteiger partial charge in [-0.25, -0.2) is 13.6 Å². The second kappa shape index (κ2) is 24.1. The van der Waals surface area contributed by atoms with Crippen LogP contribution in [0.15, 0.2) is 4.90 Å². The molecule has 45 heavy (non-hydrogen) atoms. The van der Waals surface area contributed by atoms with Crippen molar-refractivity contribution in [2.45, 2.75) is 11.0 Å². The molecule has 0 saturated heterocycles. The number of esters is 1. The highest BCUT2D eigenvalue weighted by Gasteiger charge is 2.35. The van der Waals surface area contributed by atoms with E-state index in [2.05, 4.69) is 4.74 Å². The number of carbonyl (C=O) groups is 1. The van der Waals surface area contributed by atoms with Crippen LogP contribution in [0.3, 0.4) is 0 Å². The second-order valence-electron chi connectivity index (χ2n) is 8.36. The van der Waals surface area contributed by atoms with Crippen LogP contribution < -0.4 is 4.74 Å². The highest BCUT2D eigenvalue weighted by atomic mass is 32.2. The van der Waals surface area contributed by atoms with Gasteiger partial charge in [0.25, 0.3) is 0 Å². The van der Waals surface area contributed by atoms with Crippen LogP contribution in [0.2, 0.25) is 0 Å². The third-order valence-corrected chi connectivity index (χ3v) is 5.96. The van der Waals surface area contributed by atoms with Crippen molar-refractivity contribution in [1.82, 2.24) is 0 Å². The highest BCUT2D eigenvalue weighted by Crippen LogP contribution is 2.32. The molecule has 0 fully saturated rings. The van der Waals surface area contributed by atoms with Crippen LogP contribution in [-0.4, -0.2) is 148 Å². The van der Waals surface area contributed by atoms with Gasteiger partial charge >= 0.3 is 16.1 Å². The Labute approximate surface area is 256 Å². The van der Waals surface area contributed by atoms with Crippen LogP contribution in [0.5, 0.6) is 5.75 Å². The first-order valence-corrected chi connectivity index (χ1v) is 14.9. The fraction of sp³-hybridized carbons (Fsp3) is 0.720. The molecule has 0 aliphatic heterocycles. The number of aliphatic hydroxyl groups excluding tert-OH is 2. The van der Waals surface area contributed by atoms with Crippen LogP contribution in [0.25, 0.3) is 0 Å². The summed E-state index contributed by atoms with van der Waals surface area (Å²) in [6.07, 6.45) is -1.85. The summed E-state index contributed by atoms with van der Waals surface area (Å²) in [5.74, 6) is -13.5. The number of rotatable bonds is 28. The van der Waals surface area contributed by atoms with Crippen LogP contribution in [0.1, 0.15) is 0 Å². The Morgan fingerprint density at radius 1 is 0.578 bits per heavy atom. The maximum Gasteiger partial charge on any atom is 0.343 e. The van der Waals surface area contributed by atoms with Crippen LogP contribution in [-0.2, 0) is 52.8 Å². The van der Waals surface area contributed by atoms with Gasteiger partial charge in [-0.1, -0.05) is 0 Å². The van der Waals surface area contributed by atoms with Gasteiger partial charge in [-0.05, 0) is 0 Å². The minimum Gasteiger partial charge on any atom is -0.418 e. The molecule has 0 amide bonds. The van der Waals surface area contributed by atoms with Gasteiger partial charge in [0.05, 0.1) is 112 Å². The number of aliphatic hydroxyl groups is 2. The molecular weight excluding hydrogens is 648 g/mol. The molecule has 0 spiro atoms. The Morgan fingerprint density at radius 2 is 0.911 bits per heavy atom. The Bertz CT molecular complexity index is 1050. The summed E-state index contributed by atoms with van der Waals surface area (Å²) in [4.78, 5) is 9.75. The second-order valence-corrected chi connectivity index (χ2v) is 9.72. The SMILES string of the molecule is O=C(Oc1c(F)c(F)c(S(=O)(=O)O)c(F)c1F)C(CO)OCCOCCOCCOCCOCCOCCOCCOCCO. The fourth-order valence-electron chi connectivity index (χ4n) is 3.00. The fourth-order valence-corrected chi connectivity index (χ4v) is 3.64. The molecule has 1 atom stereocenters. The van der Waals surface area contributed by atoms with Crippen LogP contribution in [0.4, 0.5) is 17.6 Å². The zero-order valence-corrected chi connectivity index (χ0v) is 25.1. The lowest BCUT2D eigenvalue weighted by molar-refractivity contribution is -0.151. The molecule has 1 rings (SSSR count). The monoisotopic (exact) mass is 686 g/mol. The average Bonchev–Trinajstić information content (AvgIpc) is 2.99. The van der Waals surface area contributed by atoms with E-state index >= 15 is 0 Å². The normalized spacial score (nSPS) is 12.5. The summed E-state index contributed by atoms with van der Waals surface area (Å²) in [5, 5.41) is 17.8. The minimum atomic E-state index is -5.69. The quantitative estimate of drug-likeness (QED) is 0.0264. The van der Waals surface area contributed by atoms with Crippen molar-refractivity contribution in [3.8, 4) is 5.75 Å². The largest absolute Gasteiger partial charge is 0.418 e. The highest BCUT2D eigenvalue weighted by molar-refractivity contribution is 7.85. The summed E-state index contributed by atoms with van der Waals surface area (Å²) in [7, 11) is -5.69. The van der Waals surface area contributed by atoms with E-state index < -0.39 is 62.7 Å². The van der Waals surface area contributed by atoms with Gasteiger partial charge < -0.3 is 52.8 Å². The average molecular weight is 687 g/mol. The molecule has 1 aromatic carbocycles. The van der Waals surface area contributed by atoms with E-state index in [1.807, 2.05) is 0 Å². The minimum absolute atomic E-state index is 0.0237. The number of hydrogen-bond donors (Lipinski definition) is 3. The molecule has 20 heteroatoms. The predicted octanol–water partition coefficient (Wildman–Crippen LogP) is -0.119. The van der Waals surface area contributed by atoms with Crippen molar-refractivity contribution >= 4 is 16.1 Å². The molecule has 0 saturated carbocycles. The first-order valence-electron chi connectivity index (χ1n) is 13.5. The third kappa shape index (κ3) is 16.9. The molecule has 0 radical (unpaired) electrons. The van der Waals surface area contributed by atoms with E-state index in [1.54, 1.807) is 0 Å². The van der Waals surface area contributed by atoms with Gasteiger partial charge in [-0.15, -0.1) is 0 Å². The summed E-state index contributed by atoms with van der Waals surface area (Å²) in [5.41, 5.74) is 0. The first-order chi connectivity index (χ1) is 21.6. The van der Waals surface area contributed by atoms with E-state index in [9.17, 15) is 35.9 Å². The maximum atomic E-state index is 14.0. The standard InChI is InChI=1S/C25H38F4O15S/c26-19-21(28)24(45(33,34)35)22(29)20(27)23(19)44-25(32)18(17-31)43-16-15-42-14-13-41-12-11-40-10-9-39-8-7-38-6-5-37-4-3-36-2-1-30/h18,30-31H,1-17H2,(H,33,34,35). The van der Waals surface area contributed by atoms with Gasteiger partial charge in [-0.3, -0.25) is 4.55 Å². The van der Waals surface area contributed by atoms with E-state index in [-0.39, 0.29) is 46.2 Å². The van der Waals surface area contributed by atoms with Crippen LogP contribution >= 0.6 is 0 Å². The number of halogens is 4. The summed E-state index contributed by atoms with van der Waals surface area (Å²) >= 11 is 0. The van der Waals surface area contributed by atoms with Crippen molar-refractivity contribution in [1.29, 1.82) is 0 Å². The lowest BCUT2D eigenvalue weighted by atomic mass is 10.3. The molecule has 0 aliphatic carbocycles. The van der Waals surface area contributed by atoms with E-state index in [0.717, 1.165) is 0 Å². The third-order valence-electron chi connectivity index (χ3n) is 5.09. The molecular formula is C25H38F4O15S. The van der Waals surface area contributed by atoms with E-state index in [0.29, 0.717) is 59.5 Å². The molecule has 0 bridgehead atoms. The zero-order chi connectivity index (χ0) is 33.5. The van der Waals surface area contributed by atoms with Gasteiger partial charge in [-0.2, -0.15) is 17.2 Å². The molecule has 15 nitrogen and oxygen atoms in total. The summed E-state index contributed by atoms with van der Waals surface area (Å²) in [6, 6.07) is 0. The number of benzene rings is 1. The van der Waals surface area contributed by atoms with Crippen LogP contribution in [0, 0.1) is 23.3 Å². The van der Waals surface area contributed by atoms with Gasteiger partial charge in [0.2, 0.25) is 17.4 Å². The van der Waals surface area contributed by atoms with Gasteiger partial charge in [0, 0.05) is 0 Å². The van der Waals surface area contributed by atoms with Gasteiger partial charge in [0.15, 0.2) is 22.6 Å². The van der Waals surface area contributed by atoms with E-state index in [1.165, 1.54) is 0 Å². The maximum absolute atomic E-state index is 14.0. The van der Waals surface area contributed by atoms with Crippen molar-refractivity contribution in [2.75, 3.05) is 112 Å². The number of hydrogen-bond acceptors (Lipinski definition) is 14. The van der Waals surface area contributed by atoms with E-state index in [4.69, 9.17) is 47.6 Å². The number of carbonyl (C=O) groups excluding carboxylic acids is 1. The van der Waals surface area contributed by atoms with Crippen molar-refractivity contribution in [3.63, 3.8) is 0 Å². The van der Waals surface area contributed by atoms with Crippen molar-refractivity contribution in [2.24, 2.45) is 0 Å². The Hall–Kier alpha value is -2.08. The molecule has 3 N–H and O–H groups in total. The first kappa shape index (κ1) is 40.9. The summed E-state index contributed by atoms with van der Waals surface area (Å²) < 4.78 is 133. The smallest absolute Gasteiger partial charge is 0.343 e. The number of ether oxygens (including phenoxy) is 9. The summed E-state index contributed by atoms with van der Waals surface area (Å²) in [6.45, 7) is 2.82.